The van der Waals surface area contributed by atoms with E-state index in [1.807, 2.05) is 30.3 Å². The van der Waals surface area contributed by atoms with Crippen LogP contribution < -0.4 is 0 Å². The zero-order chi connectivity index (χ0) is 13.7. The number of ketones is 1. The van der Waals surface area contributed by atoms with Gasteiger partial charge in [0, 0.05) is 0 Å². The van der Waals surface area contributed by atoms with Crippen LogP contribution >= 0.6 is 0 Å². The quantitative estimate of drug-likeness (QED) is 0.831. The van der Waals surface area contributed by atoms with Gasteiger partial charge in [0.2, 0.25) is 0 Å². The first-order valence-corrected chi connectivity index (χ1v) is 6.90. The average molecular weight is 256 g/mol. The van der Waals surface area contributed by atoms with Crippen LogP contribution in [0.15, 0.2) is 30.3 Å². The number of nitriles is 1. The summed E-state index contributed by atoms with van der Waals surface area (Å²) in [7, 11) is 0. The molecule has 1 heterocycles. The van der Waals surface area contributed by atoms with Crippen LogP contribution in [0.25, 0.3) is 0 Å². The molecule has 1 saturated heterocycles. The number of rotatable bonds is 4. The summed E-state index contributed by atoms with van der Waals surface area (Å²) in [5.41, 5.74) is 0.806. The predicted octanol–water partition coefficient (Wildman–Crippen LogP) is 2.59. The van der Waals surface area contributed by atoms with Gasteiger partial charge in [0.15, 0.2) is 5.78 Å². The van der Waals surface area contributed by atoms with E-state index in [4.69, 9.17) is 0 Å². The van der Waals surface area contributed by atoms with E-state index in [2.05, 4.69) is 17.9 Å². The second-order valence-corrected chi connectivity index (χ2v) is 5.40. The molecule has 0 amide bonds. The lowest BCUT2D eigenvalue weighted by molar-refractivity contribution is -0.120. The molecule has 0 saturated carbocycles. The molecule has 1 aliphatic heterocycles. The van der Waals surface area contributed by atoms with E-state index in [1.165, 1.54) is 0 Å². The van der Waals surface area contributed by atoms with Crippen LogP contribution in [-0.4, -0.2) is 30.3 Å². The van der Waals surface area contributed by atoms with Crippen molar-refractivity contribution in [3.05, 3.63) is 35.9 Å². The van der Waals surface area contributed by atoms with Gasteiger partial charge in [-0.1, -0.05) is 37.3 Å². The van der Waals surface area contributed by atoms with Crippen LogP contribution in [0.3, 0.4) is 0 Å². The number of carbonyl (C=O) groups excluding carboxylic acids is 1. The van der Waals surface area contributed by atoms with E-state index in [0.717, 1.165) is 37.4 Å². The molecule has 0 unspecified atom stereocenters. The van der Waals surface area contributed by atoms with Crippen LogP contribution in [-0.2, 0) is 4.79 Å². The number of piperidine rings is 1. The van der Waals surface area contributed by atoms with Gasteiger partial charge in [-0.05, 0) is 37.4 Å². The van der Waals surface area contributed by atoms with Crippen LogP contribution in [0.4, 0.5) is 0 Å². The van der Waals surface area contributed by atoms with Crippen molar-refractivity contribution in [2.45, 2.75) is 25.7 Å². The van der Waals surface area contributed by atoms with Crippen molar-refractivity contribution in [3.8, 4) is 6.07 Å². The summed E-state index contributed by atoms with van der Waals surface area (Å²) in [6.07, 6.45) is 2.30. The first kappa shape index (κ1) is 13.8. The Morgan fingerprint density at radius 3 is 2.58 bits per heavy atom. The van der Waals surface area contributed by atoms with E-state index < -0.39 is 5.92 Å². The molecule has 0 bridgehead atoms. The summed E-state index contributed by atoms with van der Waals surface area (Å²) in [4.78, 5) is 14.4. The van der Waals surface area contributed by atoms with E-state index >= 15 is 0 Å². The highest BCUT2D eigenvalue weighted by molar-refractivity contribution is 5.90. The van der Waals surface area contributed by atoms with Crippen molar-refractivity contribution in [3.63, 3.8) is 0 Å². The molecule has 19 heavy (non-hydrogen) atoms. The molecule has 3 heteroatoms. The molecular formula is C16H20N2O. The Labute approximate surface area is 114 Å². The fraction of sp³-hybridized carbons (Fsp3) is 0.500. The highest BCUT2D eigenvalue weighted by atomic mass is 16.1. The van der Waals surface area contributed by atoms with E-state index in [9.17, 15) is 10.1 Å². The lowest BCUT2D eigenvalue weighted by Gasteiger charge is -2.30. The minimum Gasteiger partial charge on any atom is -0.296 e. The SMILES string of the molecule is CC1CCN(CC(=O)[C@@H](C#N)c2ccccc2)CC1. The third kappa shape index (κ3) is 3.65. The molecule has 100 valence electrons. The van der Waals surface area contributed by atoms with Crippen LogP contribution in [0.1, 0.15) is 31.2 Å². The average Bonchev–Trinajstić information content (AvgIpc) is 2.43. The minimum atomic E-state index is -0.624. The Bertz CT molecular complexity index is 455. The molecule has 0 radical (unpaired) electrons. The largest absolute Gasteiger partial charge is 0.296 e. The van der Waals surface area contributed by atoms with Gasteiger partial charge in [-0.25, -0.2) is 0 Å². The smallest absolute Gasteiger partial charge is 0.168 e. The maximum atomic E-state index is 12.3. The standard InChI is InChI=1S/C16H20N2O/c1-13-7-9-18(10-8-13)12-16(19)15(11-17)14-5-3-2-4-6-14/h2-6,13,15H,7-10,12H2,1H3/t15-/m0/s1. The number of Topliss-reactive ketones (excluding diaryl/α,β-unsaturated/α-hetero) is 1. The molecule has 2 rings (SSSR count). The van der Waals surface area contributed by atoms with Gasteiger partial charge in [0.25, 0.3) is 0 Å². The monoisotopic (exact) mass is 256 g/mol. The predicted molar refractivity (Wildman–Crippen MR) is 74.6 cm³/mol. The van der Waals surface area contributed by atoms with E-state index in [0.29, 0.717) is 6.54 Å². The van der Waals surface area contributed by atoms with Crippen molar-refractivity contribution in [2.24, 2.45) is 5.92 Å². The maximum Gasteiger partial charge on any atom is 0.168 e. The second-order valence-electron chi connectivity index (χ2n) is 5.40. The van der Waals surface area contributed by atoms with E-state index in [1.54, 1.807) is 0 Å². The van der Waals surface area contributed by atoms with Crippen molar-refractivity contribution in [1.82, 2.24) is 4.90 Å². The van der Waals surface area contributed by atoms with Gasteiger partial charge in [-0.15, -0.1) is 0 Å². The summed E-state index contributed by atoms with van der Waals surface area (Å²) >= 11 is 0. The third-order valence-electron chi connectivity index (χ3n) is 3.84. The maximum absolute atomic E-state index is 12.3. The number of carbonyl (C=O) groups is 1. The normalized spacial score (nSPS) is 18.7. The Hall–Kier alpha value is -1.66. The number of hydrogen-bond donors (Lipinski definition) is 0. The lowest BCUT2D eigenvalue weighted by Crippen LogP contribution is -2.38. The molecule has 1 aliphatic rings. The molecule has 1 fully saturated rings. The number of hydrogen-bond acceptors (Lipinski definition) is 3. The molecule has 3 nitrogen and oxygen atoms in total. The number of benzene rings is 1. The van der Waals surface area contributed by atoms with Crippen molar-refractivity contribution >= 4 is 5.78 Å². The highest BCUT2D eigenvalue weighted by Gasteiger charge is 2.24. The van der Waals surface area contributed by atoms with Gasteiger partial charge in [0.1, 0.15) is 5.92 Å². The van der Waals surface area contributed by atoms with Gasteiger partial charge >= 0.3 is 0 Å². The molecule has 1 aromatic carbocycles. The Morgan fingerprint density at radius 1 is 1.37 bits per heavy atom. The molecule has 0 aromatic heterocycles. The molecular weight excluding hydrogens is 236 g/mol. The molecule has 1 aromatic rings. The molecule has 0 spiro atoms. The van der Waals surface area contributed by atoms with Gasteiger partial charge in [-0.3, -0.25) is 9.69 Å². The van der Waals surface area contributed by atoms with E-state index in [-0.39, 0.29) is 5.78 Å². The zero-order valence-electron chi connectivity index (χ0n) is 11.4. The fourth-order valence-electron chi connectivity index (χ4n) is 2.51. The summed E-state index contributed by atoms with van der Waals surface area (Å²) in [5, 5.41) is 9.23. The summed E-state index contributed by atoms with van der Waals surface area (Å²) in [6, 6.07) is 11.5. The fourth-order valence-corrected chi connectivity index (χ4v) is 2.51. The second kappa shape index (κ2) is 6.49. The van der Waals surface area contributed by atoms with Crippen LogP contribution in [0.2, 0.25) is 0 Å². The van der Waals surface area contributed by atoms with Crippen molar-refractivity contribution in [2.75, 3.05) is 19.6 Å². The van der Waals surface area contributed by atoms with Crippen molar-refractivity contribution in [1.29, 1.82) is 5.26 Å². The van der Waals surface area contributed by atoms with Gasteiger partial charge in [0.05, 0.1) is 12.6 Å². The highest BCUT2D eigenvalue weighted by Crippen LogP contribution is 2.19. The number of likely N-dealkylation sites (tertiary alicyclic amines) is 1. The molecule has 0 N–H and O–H groups in total. The number of nitrogens with zero attached hydrogens (tertiary/aromatic N) is 2. The first-order chi connectivity index (χ1) is 9.20. The Morgan fingerprint density at radius 2 is 2.00 bits per heavy atom. The first-order valence-electron chi connectivity index (χ1n) is 6.90. The Kier molecular flexibility index (Phi) is 4.70. The summed E-state index contributed by atoms with van der Waals surface area (Å²) in [6.45, 7) is 4.60. The van der Waals surface area contributed by atoms with Gasteiger partial charge < -0.3 is 0 Å². The molecule has 0 aliphatic carbocycles. The summed E-state index contributed by atoms with van der Waals surface area (Å²) < 4.78 is 0. The van der Waals surface area contributed by atoms with Crippen LogP contribution in [0, 0.1) is 17.2 Å². The van der Waals surface area contributed by atoms with Crippen LogP contribution in [0.5, 0.6) is 0 Å². The third-order valence-corrected chi connectivity index (χ3v) is 3.84. The topological polar surface area (TPSA) is 44.1 Å². The Balaban J connectivity index is 1.97. The molecule has 1 atom stereocenters. The van der Waals surface area contributed by atoms with Gasteiger partial charge in [-0.2, -0.15) is 5.26 Å². The lowest BCUT2D eigenvalue weighted by atomic mass is 9.94. The zero-order valence-corrected chi connectivity index (χ0v) is 11.4. The van der Waals surface area contributed by atoms with Crippen molar-refractivity contribution < 1.29 is 4.79 Å². The summed E-state index contributed by atoms with van der Waals surface area (Å²) in [5.74, 6) is 0.149. The minimum absolute atomic E-state index is 0.0169.